The molecule has 0 atom stereocenters. The molecule has 2 rings (SSSR count). The number of halogens is 1. The van der Waals surface area contributed by atoms with Gasteiger partial charge < -0.3 is 15.4 Å². The van der Waals surface area contributed by atoms with E-state index in [1.54, 1.807) is 6.07 Å². The average molecular weight is 311 g/mol. The molecular formula is C16H23ClN2O2. The molecule has 0 spiro atoms. The fourth-order valence-electron chi connectivity index (χ4n) is 2.57. The number of carbonyl (C=O) groups is 1. The summed E-state index contributed by atoms with van der Waals surface area (Å²) in [6, 6.07) is 5.79. The van der Waals surface area contributed by atoms with E-state index in [1.807, 2.05) is 19.1 Å². The number of hydrogen-bond acceptors (Lipinski definition) is 3. The molecule has 1 amide bonds. The number of carbonyl (C=O) groups excluding carboxylic acids is 1. The molecule has 1 aromatic carbocycles. The second-order valence-corrected chi connectivity index (χ2v) is 5.81. The van der Waals surface area contributed by atoms with Crippen molar-refractivity contribution in [1.29, 1.82) is 0 Å². The summed E-state index contributed by atoms with van der Waals surface area (Å²) in [6.45, 7) is 3.64. The van der Waals surface area contributed by atoms with Gasteiger partial charge in [-0.1, -0.05) is 31.4 Å². The lowest BCUT2D eigenvalue weighted by Crippen LogP contribution is -2.36. The van der Waals surface area contributed by atoms with Crippen molar-refractivity contribution in [1.82, 2.24) is 10.6 Å². The second-order valence-electron chi connectivity index (χ2n) is 5.37. The number of nitrogens with one attached hydrogen (secondary N) is 2. The molecule has 21 heavy (non-hydrogen) atoms. The minimum atomic E-state index is -0.0498. The fourth-order valence-corrected chi connectivity index (χ4v) is 2.76. The molecule has 0 saturated heterocycles. The van der Waals surface area contributed by atoms with Gasteiger partial charge in [0.05, 0.1) is 0 Å². The predicted molar refractivity (Wildman–Crippen MR) is 84.7 cm³/mol. The number of hydrogen-bond donors (Lipinski definition) is 2. The summed E-state index contributed by atoms with van der Waals surface area (Å²) in [7, 11) is 0. The summed E-state index contributed by atoms with van der Waals surface area (Å²) in [4.78, 5) is 11.9. The van der Waals surface area contributed by atoms with Crippen LogP contribution < -0.4 is 15.4 Å². The van der Waals surface area contributed by atoms with Crippen LogP contribution in [-0.4, -0.2) is 25.1 Å². The maximum atomic E-state index is 11.9. The van der Waals surface area contributed by atoms with E-state index in [4.69, 9.17) is 16.3 Å². The zero-order chi connectivity index (χ0) is 15.1. The third kappa shape index (κ3) is 5.21. The van der Waals surface area contributed by atoms with Crippen molar-refractivity contribution >= 4 is 17.5 Å². The highest BCUT2D eigenvalue weighted by molar-refractivity contribution is 6.30. The van der Waals surface area contributed by atoms with Crippen molar-refractivity contribution < 1.29 is 9.53 Å². The van der Waals surface area contributed by atoms with Gasteiger partial charge in [0.15, 0.2) is 6.61 Å². The van der Waals surface area contributed by atoms with E-state index in [1.165, 1.54) is 12.8 Å². The lowest BCUT2D eigenvalue weighted by Gasteiger charge is -2.14. The second kappa shape index (κ2) is 8.25. The van der Waals surface area contributed by atoms with Gasteiger partial charge in [0.25, 0.3) is 5.91 Å². The van der Waals surface area contributed by atoms with Crippen LogP contribution >= 0.6 is 11.6 Å². The van der Waals surface area contributed by atoms with Crippen LogP contribution in [0.25, 0.3) is 0 Å². The number of amides is 1. The Bertz CT molecular complexity index is 473. The lowest BCUT2D eigenvalue weighted by atomic mass is 10.2. The van der Waals surface area contributed by atoms with Crippen molar-refractivity contribution in [2.24, 2.45) is 0 Å². The van der Waals surface area contributed by atoms with Gasteiger partial charge >= 0.3 is 0 Å². The lowest BCUT2D eigenvalue weighted by molar-refractivity contribution is -0.123. The molecule has 116 valence electrons. The molecule has 0 aromatic heterocycles. The summed E-state index contributed by atoms with van der Waals surface area (Å²) in [5, 5.41) is 6.93. The average Bonchev–Trinajstić information content (AvgIpc) is 2.97. The Morgan fingerprint density at radius 3 is 2.86 bits per heavy atom. The van der Waals surface area contributed by atoms with Crippen LogP contribution in [-0.2, 0) is 11.3 Å². The first-order valence-electron chi connectivity index (χ1n) is 7.60. The van der Waals surface area contributed by atoms with Crippen molar-refractivity contribution in [3.05, 3.63) is 28.8 Å². The van der Waals surface area contributed by atoms with Gasteiger partial charge in [-0.2, -0.15) is 0 Å². The van der Waals surface area contributed by atoms with Crippen LogP contribution in [0.2, 0.25) is 5.02 Å². The Morgan fingerprint density at radius 2 is 2.14 bits per heavy atom. The quantitative estimate of drug-likeness (QED) is 0.814. The van der Waals surface area contributed by atoms with Crippen LogP contribution in [0.1, 0.15) is 38.2 Å². The van der Waals surface area contributed by atoms with Gasteiger partial charge in [0.1, 0.15) is 5.75 Å². The van der Waals surface area contributed by atoms with Gasteiger partial charge in [-0.05, 0) is 37.6 Å². The Balaban J connectivity index is 1.87. The van der Waals surface area contributed by atoms with E-state index in [9.17, 15) is 4.79 Å². The molecular weight excluding hydrogens is 288 g/mol. The van der Waals surface area contributed by atoms with Gasteiger partial charge in [-0.25, -0.2) is 0 Å². The maximum absolute atomic E-state index is 11.9. The van der Waals surface area contributed by atoms with Crippen molar-refractivity contribution in [2.75, 3.05) is 13.2 Å². The highest BCUT2D eigenvalue weighted by atomic mass is 35.5. The van der Waals surface area contributed by atoms with E-state index in [0.29, 0.717) is 23.4 Å². The van der Waals surface area contributed by atoms with Crippen LogP contribution in [0.3, 0.4) is 0 Å². The van der Waals surface area contributed by atoms with Crippen molar-refractivity contribution in [3.63, 3.8) is 0 Å². The molecule has 0 radical (unpaired) electrons. The molecule has 1 aliphatic carbocycles. The molecule has 1 saturated carbocycles. The number of rotatable bonds is 7. The Kier molecular flexibility index (Phi) is 6.33. The van der Waals surface area contributed by atoms with Gasteiger partial charge in [-0.15, -0.1) is 0 Å². The van der Waals surface area contributed by atoms with Crippen molar-refractivity contribution in [2.45, 2.75) is 45.2 Å². The highest BCUT2D eigenvalue weighted by Crippen LogP contribution is 2.23. The first-order chi connectivity index (χ1) is 10.2. The molecule has 5 heteroatoms. The SMILES string of the molecule is CCNCc1cc(Cl)ccc1OCC(=O)NC1CCCC1. The van der Waals surface area contributed by atoms with E-state index in [2.05, 4.69) is 10.6 Å². The third-order valence-corrected chi connectivity index (χ3v) is 3.90. The Hall–Kier alpha value is -1.26. The summed E-state index contributed by atoms with van der Waals surface area (Å²) < 4.78 is 5.65. The maximum Gasteiger partial charge on any atom is 0.258 e. The largest absolute Gasteiger partial charge is 0.483 e. The number of benzene rings is 1. The topological polar surface area (TPSA) is 50.4 Å². The smallest absolute Gasteiger partial charge is 0.258 e. The molecule has 4 nitrogen and oxygen atoms in total. The highest BCUT2D eigenvalue weighted by Gasteiger charge is 2.17. The Morgan fingerprint density at radius 1 is 1.38 bits per heavy atom. The third-order valence-electron chi connectivity index (χ3n) is 3.67. The van der Waals surface area contributed by atoms with Gasteiger partial charge in [0, 0.05) is 23.2 Å². The zero-order valence-corrected chi connectivity index (χ0v) is 13.2. The van der Waals surface area contributed by atoms with Crippen molar-refractivity contribution in [3.8, 4) is 5.75 Å². The van der Waals surface area contributed by atoms with Gasteiger partial charge in [-0.3, -0.25) is 4.79 Å². The standard InChI is InChI=1S/C16H23ClN2O2/c1-2-18-10-12-9-13(17)7-8-15(12)21-11-16(20)19-14-5-3-4-6-14/h7-9,14,18H,2-6,10-11H2,1H3,(H,19,20). The van der Waals surface area contributed by atoms with E-state index in [0.717, 1.165) is 24.9 Å². The molecule has 0 unspecified atom stereocenters. The summed E-state index contributed by atoms with van der Waals surface area (Å²) in [5.41, 5.74) is 0.970. The molecule has 0 bridgehead atoms. The van der Waals surface area contributed by atoms with Gasteiger partial charge in [0.2, 0.25) is 0 Å². The van der Waals surface area contributed by atoms with E-state index in [-0.39, 0.29) is 12.5 Å². The summed E-state index contributed by atoms with van der Waals surface area (Å²) >= 11 is 6.01. The normalized spacial score (nSPS) is 15.1. The zero-order valence-electron chi connectivity index (χ0n) is 12.5. The minimum absolute atomic E-state index is 0.0498. The molecule has 1 aromatic rings. The molecule has 0 aliphatic heterocycles. The van der Waals surface area contributed by atoms with Crippen LogP contribution in [0, 0.1) is 0 Å². The summed E-state index contributed by atoms with van der Waals surface area (Å²) in [6.07, 6.45) is 4.57. The minimum Gasteiger partial charge on any atom is -0.483 e. The molecule has 0 heterocycles. The Labute approximate surface area is 131 Å². The van der Waals surface area contributed by atoms with Crippen LogP contribution in [0.5, 0.6) is 5.75 Å². The molecule has 1 aliphatic rings. The first-order valence-corrected chi connectivity index (χ1v) is 7.98. The summed E-state index contributed by atoms with van der Waals surface area (Å²) in [5.74, 6) is 0.660. The predicted octanol–water partition coefficient (Wildman–Crippen LogP) is 2.89. The molecule has 1 fully saturated rings. The van der Waals surface area contributed by atoms with Crippen LogP contribution in [0.4, 0.5) is 0 Å². The van der Waals surface area contributed by atoms with E-state index < -0.39 is 0 Å². The van der Waals surface area contributed by atoms with Crippen LogP contribution in [0.15, 0.2) is 18.2 Å². The molecule has 2 N–H and O–H groups in total. The first kappa shape index (κ1) is 16.1. The number of ether oxygens (including phenoxy) is 1. The fraction of sp³-hybridized carbons (Fsp3) is 0.562. The van der Waals surface area contributed by atoms with E-state index >= 15 is 0 Å². The monoisotopic (exact) mass is 310 g/mol.